The van der Waals surface area contributed by atoms with Gasteiger partial charge in [0.05, 0.1) is 0 Å². The van der Waals surface area contributed by atoms with Crippen LogP contribution in [0.1, 0.15) is 6.42 Å². The smallest absolute Gasteiger partial charge is 0.267 e. The predicted octanol–water partition coefficient (Wildman–Crippen LogP) is -0.812. The molecule has 0 heterocycles. The molecule has 0 spiro atoms. The number of nitrogens with two attached hydrogens (primary N) is 1. The standard InChI is InChI=1S/C4H8N2O5S2/c5-11-13(9,10)3(1-2-12)4(7)6-8/h3,12H,1-2,5H2. The summed E-state index contributed by atoms with van der Waals surface area (Å²) in [5.41, 5.74) is 0. The van der Waals surface area contributed by atoms with Crippen LogP contribution in [0.3, 0.4) is 0 Å². The highest BCUT2D eigenvalue weighted by Crippen LogP contribution is 2.09. The number of nitroso groups, excluding NO2 is 1. The fourth-order valence-electron chi connectivity index (χ4n) is 0.634. The molecule has 0 radical (unpaired) electrons. The Morgan fingerprint density at radius 2 is 2.15 bits per heavy atom. The molecule has 0 aromatic carbocycles. The normalized spacial score (nSPS) is 13.7. The Balaban J connectivity index is 4.81. The van der Waals surface area contributed by atoms with Crippen molar-refractivity contribution >= 4 is 28.7 Å². The Labute approximate surface area is 80.1 Å². The molecule has 2 N–H and O–H groups in total. The number of rotatable bonds is 5. The van der Waals surface area contributed by atoms with Crippen LogP contribution in [0.15, 0.2) is 5.18 Å². The number of hydrogen-bond acceptors (Lipinski definition) is 7. The Hall–Kier alpha value is -0.510. The monoisotopic (exact) mass is 228 g/mol. The van der Waals surface area contributed by atoms with E-state index in [-0.39, 0.29) is 12.2 Å². The molecular weight excluding hydrogens is 220 g/mol. The molecule has 0 aliphatic rings. The molecule has 0 aromatic heterocycles. The minimum absolute atomic E-state index is 0.0918. The summed E-state index contributed by atoms with van der Waals surface area (Å²) in [6, 6.07) is 0. The van der Waals surface area contributed by atoms with Crippen LogP contribution >= 0.6 is 12.6 Å². The predicted molar refractivity (Wildman–Crippen MR) is 47.3 cm³/mol. The molecule has 1 unspecified atom stereocenters. The maximum atomic E-state index is 10.9. The third-order valence-corrected chi connectivity index (χ3v) is 2.90. The zero-order valence-electron chi connectivity index (χ0n) is 6.41. The van der Waals surface area contributed by atoms with Gasteiger partial charge in [0.25, 0.3) is 10.1 Å². The van der Waals surface area contributed by atoms with Gasteiger partial charge >= 0.3 is 5.91 Å². The third kappa shape index (κ3) is 3.38. The highest BCUT2D eigenvalue weighted by atomic mass is 32.2. The van der Waals surface area contributed by atoms with Crippen LogP contribution in [0.2, 0.25) is 0 Å². The molecular formula is C4H8N2O5S2. The van der Waals surface area contributed by atoms with Crippen molar-refractivity contribution in [3.8, 4) is 0 Å². The van der Waals surface area contributed by atoms with Gasteiger partial charge in [-0.3, -0.25) is 4.79 Å². The number of amides is 1. The number of carbonyl (C=O) groups excluding carboxylic acids is 1. The van der Waals surface area contributed by atoms with Crippen LogP contribution in [-0.2, 0) is 19.2 Å². The lowest BCUT2D eigenvalue weighted by molar-refractivity contribution is -0.117. The lowest BCUT2D eigenvalue weighted by Gasteiger charge is -2.08. The maximum Gasteiger partial charge on any atom is 0.306 e. The summed E-state index contributed by atoms with van der Waals surface area (Å²) in [4.78, 5) is 20.5. The highest BCUT2D eigenvalue weighted by molar-refractivity contribution is 7.88. The zero-order valence-corrected chi connectivity index (χ0v) is 8.12. The van der Waals surface area contributed by atoms with Gasteiger partial charge in [0.15, 0.2) is 5.25 Å². The number of thiol groups is 1. The lowest BCUT2D eigenvalue weighted by Crippen LogP contribution is -2.32. The lowest BCUT2D eigenvalue weighted by atomic mass is 10.3. The summed E-state index contributed by atoms with van der Waals surface area (Å²) < 4.78 is 25.4. The van der Waals surface area contributed by atoms with Gasteiger partial charge in [-0.2, -0.15) is 31.2 Å². The van der Waals surface area contributed by atoms with Crippen molar-refractivity contribution in [3.05, 3.63) is 4.91 Å². The second-order valence-electron chi connectivity index (χ2n) is 2.02. The van der Waals surface area contributed by atoms with Crippen molar-refractivity contribution in [2.24, 2.45) is 11.1 Å². The van der Waals surface area contributed by atoms with E-state index >= 15 is 0 Å². The molecule has 13 heavy (non-hydrogen) atoms. The summed E-state index contributed by atoms with van der Waals surface area (Å²) in [6.07, 6.45) is -0.173. The molecule has 9 heteroatoms. The van der Waals surface area contributed by atoms with Crippen molar-refractivity contribution in [2.75, 3.05) is 5.75 Å². The molecule has 0 aromatic rings. The molecule has 0 aliphatic heterocycles. The molecule has 0 saturated carbocycles. The molecule has 0 bridgehead atoms. The van der Waals surface area contributed by atoms with Gasteiger partial charge in [-0.1, -0.05) is 0 Å². The number of hydrogen-bond donors (Lipinski definition) is 2. The van der Waals surface area contributed by atoms with Crippen LogP contribution in [0, 0.1) is 4.91 Å². The second-order valence-corrected chi connectivity index (χ2v) is 4.21. The molecule has 76 valence electrons. The van der Waals surface area contributed by atoms with Gasteiger partial charge in [-0.05, 0) is 12.2 Å². The van der Waals surface area contributed by atoms with E-state index < -0.39 is 21.3 Å². The van der Waals surface area contributed by atoms with Gasteiger partial charge in [0.1, 0.15) is 0 Å². The van der Waals surface area contributed by atoms with Gasteiger partial charge in [0, 0.05) is 5.18 Å². The van der Waals surface area contributed by atoms with E-state index in [1.54, 1.807) is 0 Å². The van der Waals surface area contributed by atoms with Crippen LogP contribution in [-0.4, -0.2) is 25.3 Å². The van der Waals surface area contributed by atoms with Crippen LogP contribution in [0.4, 0.5) is 0 Å². The Kier molecular flexibility index (Phi) is 5.06. The van der Waals surface area contributed by atoms with E-state index in [0.717, 1.165) is 0 Å². The van der Waals surface area contributed by atoms with Crippen molar-refractivity contribution in [1.29, 1.82) is 0 Å². The van der Waals surface area contributed by atoms with Gasteiger partial charge in [-0.15, -0.1) is 4.91 Å². The average molecular weight is 228 g/mol. The quantitative estimate of drug-likeness (QED) is 0.361. The van der Waals surface area contributed by atoms with Crippen molar-refractivity contribution < 1.29 is 17.5 Å². The Morgan fingerprint density at radius 3 is 2.46 bits per heavy atom. The summed E-state index contributed by atoms with van der Waals surface area (Å²) in [5.74, 6) is 3.18. The SMILES string of the molecule is NOS(=O)(=O)C(CCS)C(=O)N=O. The molecule has 7 nitrogen and oxygen atoms in total. The van der Waals surface area contributed by atoms with Crippen LogP contribution < -0.4 is 5.90 Å². The van der Waals surface area contributed by atoms with Gasteiger partial charge in [-0.25, -0.2) is 0 Å². The minimum Gasteiger partial charge on any atom is -0.267 e. The Morgan fingerprint density at radius 1 is 1.62 bits per heavy atom. The van der Waals surface area contributed by atoms with Crippen LogP contribution in [0.25, 0.3) is 0 Å². The first-order chi connectivity index (χ1) is 5.99. The zero-order chi connectivity index (χ0) is 10.5. The van der Waals surface area contributed by atoms with Gasteiger partial charge < -0.3 is 0 Å². The maximum absolute atomic E-state index is 10.9. The topological polar surface area (TPSA) is 116 Å². The fraction of sp³-hybridized carbons (Fsp3) is 0.750. The Bertz CT molecular complexity index is 287. The van der Waals surface area contributed by atoms with Crippen molar-refractivity contribution in [2.45, 2.75) is 11.7 Å². The number of carbonyl (C=O) groups is 1. The summed E-state index contributed by atoms with van der Waals surface area (Å²) in [7, 11) is -4.25. The van der Waals surface area contributed by atoms with E-state index in [4.69, 9.17) is 0 Å². The molecule has 0 saturated heterocycles. The largest absolute Gasteiger partial charge is 0.306 e. The van der Waals surface area contributed by atoms with Gasteiger partial charge in [0.2, 0.25) is 0 Å². The first kappa shape index (κ1) is 12.5. The van der Waals surface area contributed by atoms with Crippen molar-refractivity contribution in [1.82, 2.24) is 0 Å². The highest BCUT2D eigenvalue weighted by Gasteiger charge is 2.33. The van der Waals surface area contributed by atoms with E-state index in [0.29, 0.717) is 0 Å². The molecule has 0 aliphatic carbocycles. The minimum atomic E-state index is -4.25. The molecule has 1 atom stereocenters. The van der Waals surface area contributed by atoms with Crippen molar-refractivity contribution in [3.63, 3.8) is 0 Å². The van der Waals surface area contributed by atoms with Crippen LogP contribution in [0.5, 0.6) is 0 Å². The summed E-state index contributed by atoms with van der Waals surface area (Å²) in [6.45, 7) is 0. The van der Waals surface area contributed by atoms with E-state index in [2.05, 4.69) is 22.8 Å². The molecule has 0 rings (SSSR count). The first-order valence-electron chi connectivity index (χ1n) is 3.09. The first-order valence-corrected chi connectivity index (χ1v) is 5.20. The molecule has 0 fully saturated rings. The summed E-state index contributed by atoms with van der Waals surface area (Å²) in [5, 5.41) is 0.324. The third-order valence-electron chi connectivity index (χ3n) is 1.24. The van der Waals surface area contributed by atoms with E-state index in [9.17, 15) is 18.1 Å². The second kappa shape index (κ2) is 5.27. The fourth-order valence-corrected chi connectivity index (χ4v) is 1.90. The average Bonchev–Trinajstić information content (AvgIpc) is 2.12. The summed E-state index contributed by atoms with van der Waals surface area (Å²) >= 11 is 3.71. The molecule has 1 amide bonds. The van der Waals surface area contributed by atoms with E-state index in [1.807, 2.05) is 5.18 Å². The van der Waals surface area contributed by atoms with E-state index in [1.165, 1.54) is 0 Å². The number of nitrogens with zero attached hydrogens (tertiary/aromatic N) is 1.